The number of alkyl halides is 2. The van der Waals surface area contributed by atoms with E-state index in [-0.39, 0.29) is 11.0 Å². The lowest BCUT2D eigenvalue weighted by molar-refractivity contribution is 0.0628. The molecular weight excluding hydrogens is 254 g/mol. The molecule has 0 aliphatic carbocycles. The molecule has 0 aromatic heterocycles. The molecule has 0 aromatic rings. The third-order valence-electron chi connectivity index (χ3n) is 2.25. The molecule has 0 bridgehead atoms. The van der Waals surface area contributed by atoms with E-state index in [9.17, 15) is 13.9 Å². The largest absolute Gasteiger partial charge is 0.404 e. The van der Waals surface area contributed by atoms with Gasteiger partial charge in [0.2, 0.25) is 0 Å². The number of halogens is 2. The number of nitrogens with one attached hydrogen (secondary N) is 1. The first-order chi connectivity index (χ1) is 7.62. The van der Waals surface area contributed by atoms with Gasteiger partial charge in [-0.1, -0.05) is 0 Å². The van der Waals surface area contributed by atoms with Gasteiger partial charge in [-0.25, -0.2) is 13.4 Å². The van der Waals surface area contributed by atoms with Crippen LogP contribution >= 0.6 is 23.5 Å². The third kappa shape index (κ3) is 3.38. The topological polar surface area (TPSA) is 46.4 Å². The molecule has 0 saturated carbocycles. The lowest BCUT2D eigenvalue weighted by Crippen LogP contribution is -2.41. The summed E-state index contributed by atoms with van der Waals surface area (Å²) in [6.45, 7) is 2.65. The minimum absolute atomic E-state index is 0.146. The Balaban J connectivity index is 2.60. The average Bonchev–Trinajstić information content (AvgIpc) is 2.30. The van der Waals surface area contributed by atoms with Crippen LogP contribution < -0.4 is 9.98 Å². The standard InChI is InChI=1S/C9H14F2N2OS2/c1-12-9(13-2)16-7-3-5(11)8(14)6(4-10)15-7/h5-8,14H,1,3-4H2,2H3/p+1. The van der Waals surface area contributed by atoms with Crippen LogP contribution in [0.4, 0.5) is 8.78 Å². The Morgan fingerprint density at radius 3 is 2.94 bits per heavy atom. The third-order valence-corrected chi connectivity index (χ3v) is 5.13. The maximum atomic E-state index is 13.4. The molecule has 1 fully saturated rings. The molecule has 0 spiro atoms. The molecule has 0 amide bonds. The van der Waals surface area contributed by atoms with E-state index in [1.54, 1.807) is 7.05 Å². The predicted octanol–water partition coefficient (Wildman–Crippen LogP) is 0.563. The van der Waals surface area contributed by atoms with Gasteiger partial charge in [-0.2, -0.15) is 0 Å². The Morgan fingerprint density at radius 1 is 1.75 bits per heavy atom. The molecule has 1 rings (SSSR count). The summed E-state index contributed by atoms with van der Waals surface area (Å²) in [6, 6.07) is 0. The zero-order valence-electron chi connectivity index (χ0n) is 8.90. The second kappa shape index (κ2) is 6.49. The summed E-state index contributed by atoms with van der Waals surface area (Å²) >= 11 is 2.56. The maximum Gasteiger partial charge on any atom is 0.404 e. The van der Waals surface area contributed by atoms with Crippen LogP contribution in [0.3, 0.4) is 0 Å². The van der Waals surface area contributed by atoms with E-state index in [2.05, 4.69) is 16.7 Å². The van der Waals surface area contributed by atoms with E-state index in [1.807, 2.05) is 0 Å². The van der Waals surface area contributed by atoms with Crippen molar-refractivity contribution in [1.82, 2.24) is 9.98 Å². The second-order valence-corrected chi connectivity index (χ2v) is 6.27. The molecule has 1 aliphatic rings. The number of hydrogen-bond donors (Lipinski definition) is 2. The fourth-order valence-corrected chi connectivity index (χ4v) is 4.12. The Bertz CT molecular complexity index is 287. The number of amidine groups is 1. The minimum Gasteiger partial charge on any atom is -0.389 e. The summed E-state index contributed by atoms with van der Waals surface area (Å²) in [4.78, 5) is 0. The number of nitrogens with zero attached hydrogens (tertiary/aromatic N) is 1. The minimum atomic E-state index is -1.37. The van der Waals surface area contributed by atoms with Crippen LogP contribution in [0.25, 0.3) is 0 Å². The number of hydrogen-bond acceptors (Lipinski definition) is 3. The highest BCUT2D eigenvalue weighted by Crippen LogP contribution is 2.39. The molecule has 0 radical (unpaired) electrons. The molecule has 3 nitrogen and oxygen atoms in total. The van der Waals surface area contributed by atoms with E-state index in [1.165, 1.54) is 23.5 Å². The van der Waals surface area contributed by atoms with Gasteiger partial charge in [-0.15, -0.1) is 11.8 Å². The van der Waals surface area contributed by atoms with Gasteiger partial charge in [0, 0.05) is 6.42 Å². The van der Waals surface area contributed by atoms with E-state index < -0.39 is 24.2 Å². The van der Waals surface area contributed by atoms with Gasteiger partial charge >= 0.3 is 5.17 Å². The molecule has 16 heavy (non-hydrogen) atoms. The van der Waals surface area contributed by atoms with Crippen LogP contribution in [-0.4, -0.2) is 52.8 Å². The molecule has 2 N–H and O–H groups in total. The summed E-state index contributed by atoms with van der Waals surface area (Å²) in [6.07, 6.45) is -2.39. The van der Waals surface area contributed by atoms with Crippen molar-refractivity contribution in [2.24, 2.45) is 0 Å². The molecule has 4 atom stereocenters. The highest BCUT2D eigenvalue weighted by atomic mass is 32.2. The first kappa shape index (κ1) is 13.8. The highest BCUT2D eigenvalue weighted by molar-refractivity contribution is 8.25. The summed E-state index contributed by atoms with van der Waals surface area (Å²) in [5, 5.41) is 12.1. The molecular formula is C9H15F2N2OS2+. The Hall–Kier alpha value is -0.230. The first-order valence-corrected chi connectivity index (χ1v) is 6.66. The van der Waals surface area contributed by atoms with Gasteiger partial charge in [0.05, 0.1) is 23.0 Å². The fraction of sp³-hybridized carbons (Fsp3) is 0.778. The van der Waals surface area contributed by atoms with E-state index in [0.29, 0.717) is 5.17 Å². The fourth-order valence-electron chi connectivity index (χ4n) is 1.39. The van der Waals surface area contributed by atoms with Crippen LogP contribution in [0.2, 0.25) is 0 Å². The zero-order valence-corrected chi connectivity index (χ0v) is 10.5. The van der Waals surface area contributed by atoms with Crippen LogP contribution in [0.5, 0.6) is 0 Å². The summed E-state index contributed by atoms with van der Waals surface area (Å²) in [5.74, 6) is 0. The summed E-state index contributed by atoms with van der Waals surface area (Å²) < 4.78 is 29.5. The SMILES string of the molecule is C=[N+]=C(NC)SC1CC(F)C(O)C(CF)S1. The van der Waals surface area contributed by atoms with Crippen LogP contribution in [-0.2, 0) is 0 Å². The van der Waals surface area contributed by atoms with Crippen molar-refractivity contribution in [3.05, 3.63) is 0 Å². The highest BCUT2D eigenvalue weighted by Gasteiger charge is 2.39. The van der Waals surface area contributed by atoms with Gasteiger partial charge in [-0.3, -0.25) is 5.32 Å². The van der Waals surface area contributed by atoms with E-state index >= 15 is 0 Å². The Labute approximate surface area is 102 Å². The molecule has 4 unspecified atom stereocenters. The monoisotopic (exact) mass is 269 g/mol. The van der Waals surface area contributed by atoms with Crippen LogP contribution in [0, 0.1) is 0 Å². The van der Waals surface area contributed by atoms with Gasteiger partial charge in [0.1, 0.15) is 12.8 Å². The van der Waals surface area contributed by atoms with Gasteiger partial charge in [-0.05, 0) is 11.8 Å². The average molecular weight is 269 g/mol. The van der Waals surface area contributed by atoms with Crippen molar-refractivity contribution in [3.63, 3.8) is 0 Å². The second-order valence-electron chi connectivity index (χ2n) is 3.33. The smallest absolute Gasteiger partial charge is 0.389 e. The lowest BCUT2D eigenvalue weighted by atomic mass is 10.1. The Kier molecular flexibility index (Phi) is 5.61. The number of rotatable bonds is 2. The van der Waals surface area contributed by atoms with Crippen molar-refractivity contribution in [1.29, 1.82) is 0 Å². The van der Waals surface area contributed by atoms with Crippen molar-refractivity contribution >= 4 is 35.4 Å². The molecule has 1 heterocycles. The van der Waals surface area contributed by atoms with E-state index in [0.717, 1.165) is 0 Å². The van der Waals surface area contributed by atoms with Gasteiger partial charge in [0.25, 0.3) is 0 Å². The maximum absolute atomic E-state index is 13.4. The molecule has 1 saturated heterocycles. The molecule has 7 heteroatoms. The van der Waals surface area contributed by atoms with Gasteiger partial charge in [0.15, 0.2) is 6.72 Å². The molecule has 1 aliphatic heterocycles. The number of aliphatic hydroxyl groups excluding tert-OH is 1. The van der Waals surface area contributed by atoms with Crippen molar-refractivity contribution in [2.75, 3.05) is 13.7 Å². The Morgan fingerprint density at radius 2 is 2.44 bits per heavy atom. The number of aliphatic hydroxyl groups is 1. The van der Waals surface area contributed by atoms with E-state index in [4.69, 9.17) is 0 Å². The zero-order chi connectivity index (χ0) is 12.1. The van der Waals surface area contributed by atoms with Crippen molar-refractivity contribution in [2.45, 2.75) is 28.5 Å². The van der Waals surface area contributed by atoms with Crippen molar-refractivity contribution < 1.29 is 13.9 Å². The first-order valence-electron chi connectivity index (χ1n) is 4.84. The normalized spacial score (nSPS) is 34.2. The molecule has 0 aromatic carbocycles. The van der Waals surface area contributed by atoms with Gasteiger partial charge < -0.3 is 5.11 Å². The quantitative estimate of drug-likeness (QED) is 0.437. The number of thioether (sulfide) groups is 2. The predicted molar refractivity (Wildman–Crippen MR) is 67.6 cm³/mol. The van der Waals surface area contributed by atoms with Crippen molar-refractivity contribution in [3.8, 4) is 0 Å². The van der Waals surface area contributed by atoms with Crippen LogP contribution in [0.15, 0.2) is 0 Å². The molecule has 92 valence electrons. The summed E-state index contributed by atoms with van der Waals surface area (Å²) in [5.41, 5.74) is 0. The van der Waals surface area contributed by atoms with Crippen LogP contribution in [0.1, 0.15) is 6.42 Å². The lowest BCUT2D eigenvalue weighted by Gasteiger charge is -2.32. The summed E-state index contributed by atoms with van der Waals surface area (Å²) in [7, 11) is 1.69.